The van der Waals surface area contributed by atoms with E-state index in [1.165, 1.54) is 12.1 Å². The Kier molecular flexibility index (Phi) is 4.45. The van der Waals surface area contributed by atoms with E-state index in [4.69, 9.17) is 0 Å². The van der Waals surface area contributed by atoms with E-state index in [1.807, 2.05) is 18.7 Å². The molecule has 6 nitrogen and oxygen atoms in total. The molecule has 2 heterocycles. The number of halogens is 1. The number of amides is 2. The van der Waals surface area contributed by atoms with Gasteiger partial charge < -0.3 is 10.2 Å². The lowest BCUT2D eigenvalue weighted by Crippen LogP contribution is -2.42. The predicted octanol–water partition coefficient (Wildman–Crippen LogP) is 2.05. The molecule has 1 atom stereocenters. The summed E-state index contributed by atoms with van der Waals surface area (Å²) in [5.41, 5.74) is 3.17. The van der Waals surface area contributed by atoms with Crippen molar-refractivity contribution in [2.75, 3.05) is 6.54 Å². The van der Waals surface area contributed by atoms with Gasteiger partial charge in [0.2, 0.25) is 11.8 Å². The second-order valence-corrected chi connectivity index (χ2v) is 7.39. The monoisotopic (exact) mass is 370 g/mol. The van der Waals surface area contributed by atoms with E-state index in [9.17, 15) is 14.0 Å². The third kappa shape index (κ3) is 3.46. The van der Waals surface area contributed by atoms with Crippen molar-refractivity contribution in [2.24, 2.45) is 0 Å². The summed E-state index contributed by atoms with van der Waals surface area (Å²) in [5.74, 6) is -0.432. The predicted molar refractivity (Wildman–Crippen MR) is 98.0 cm³/mol. The normalized spacial score (nSPS) is 19.6. The first kappa shape index (κ1) is 17.7. The Morgan fingerprint density at radius 1 is 1.22 bits per heavy atom. The Hall–Kier alpha value is -2.70. The minimum Gasteiger partial charge on any atom is -0.344 e. The Morgan fingerprint density at radius 3 is 2.59 bits per heavy atom. The molecule has 2 aliphatic rings. The molecule has 1 saturated carbocycles. The van der Waals surface area contributed by atoms with Crippen molar-refractivity contribution in [3.8, 4) is 5.69 Å². The van der Waals surface area contributed by atoms with Crippen LogP contribution in [0.15, 0.2) is 24.3 Å². The Bertz CT molecular complexity index is 886. The van der Waals surface area contributed by atoms with Crippen LogP contribution in [-0.2, 0) is 16.0 Å². The average molecular weight is 370 g/mol. The maximum Gasteiger partial charge on any atom is 0.245 e. The molecule has 0 radical (unpaired) electrons. The van der Waals surface area contributed by atoms with Crippen LogP contribution in [0.25, 0.3) is 5.69 Å². The summed E-state index contributed by atoms with van der Waals surface area (Å²) in [6.07, 6.45) is 3.00. The van der Waals surface area contributed by atoms with Crippen molar-refractivity contribution >= 4 is 11.8 Å². The summed E-state index contributed by atoms with van der Waals surface area (Å²) in [5, 5.41) is 7.38. The average Bonchev–Trinajstić information content (AvgIpc) is 3.37. The first-order valence-corrected chi connectivity index (χ1v) is 9.35. The van der Waals surface area contributed by atoms with Gasteiger partial charge in [-0.25, -0.2) is 9.07 Å². The molecule has 7 heteroatoms. The molecule has 1 N–H and O–H groups in total. The Labute approximate surface area is 157 Å². The van der Waals surface area contributed by atoms with Crippen molar-refractivity contribution in [1.82, 2.24) is 20.0 Å². The Balaban J connectivity index is 1.45. The van der Waals surface area contributed by atoms with Gasteiger partial charge in [-0.15, -0.1) is 0 Å². The highest BCUT2D eigenvalue weighted by atomic mass is 19.1. The number of rotatable bonds is 5. The zero-order chi connectivity index (χ0) is 19.1. The molecule has 0 unspecified atom stereocenters. The van der Waals surface area contributed by atoms with Crippen LogP contribution in [-0.4, -0.2) is 45.1 Å². The van der Waals surface area contributed by atoms with E-state index in [0.717, 1.165) is 42.0 Å². The molecule has 0 spiro atoms. The molecule has 0 bridgehead atoms. The van der Waals surface area contributed by atoms with Crippen LogP contribution in [0.3, 0.4) is 0 Å². The first-order valence-electron chi connectivity index (χ1n) is 9.35. The van der Waals surface area contributed by atoms with Gasteiger partial charge in [0, 0.05) is 23.8 Å². The van der Waals surface area contributed by atoms with Crippen LogP contribution in [0.2, 0.25) is 0 Å². The minimum absolute atomic E-state index is 0.0429. The highest BCUT2D eigenvalue weighted by Gasteiger charge is 2.40. The van der Waals surface area contributed by atoms with Crippen LogP contribution in [0.4, 0.5) is 4.39 Å². The topological polar surface area (TPSA) is 67.2 Å². The number of likely N-dealkylation sites (tertiary alicyclic amines) is 1. The van der Waals surface area contributed by atoms with Gasteiger partial charge in [0.05, 0.1) is 17.8 Å². The molecule has 4 rings (SSSR count). The maximum atomic E-state index is 13.2. The molecule has 2 amide bonds. The number of nitrogens with one attached hydrogen (secondary N) is 1. The Morgan fingerprint density at radius 2 is 1.93 bits per heavy atom. The fraction of sp³-hybridized carbons (Fsp3) is 0.450. The summed E-state index contributed by atoms with van der Waals surface area (Å²) < 4.78 is 14.9. The van der Waals surface area contributed by atoms with Crippen molar-refractivity contribution in [3.63, 3.8) is 0 Å². The number of hydrogen-bond acceptors (Lipinski definition) is 3. The molecule has 27 heavy (non-hydrogen) atoms. The van der Waals surface area contributed by atoms with Gasteiger partial charge in [-0.2, -0.15) is 5.10 Å². The van der Waals surface area contributed by atoms with Gasteiger partial charge in [-0.05, 0) is 57.4 Å². The lowest BCUT2D eigenvalue weighted by atomic mass is 10.1. The summed E-state index contributed by atoms with van der Waals surface area (Å²) in [4.78, 5) is 26.8. The highest BCUT2D eigenvalue weighted by molar-refractivity contribution is 5.90. The summed E-state index contributed by atoms with van der Waals surface area (Å²) in [6.45, 7) is 4.47. The zero-order valence-electron chi connectivity index (χ0n) is 15.5. The zero-order valence-corrected chi connectivity index (χ0v) is 15.5. The van der Waals surface area contributed by atoms with Crippen LogP contribution in [0.5, 0.6) is 0 Å². The SMILES string of the molecule is Cc1nn(-c2ccc(F)cc2)c(C)c1CC(=O)N[C@H]1CCN(C2CC2)C1=O. The molecule has 1 aromatic carbocycles. The fourth-order valence-corrected chi connectivity index (χ4v) is 3.76. The van der Waals surface area contributed by atoms with E-state index >= 15 is 0 Å². The minimum atomic E-state index is -0.411. The molecular weight excluding hydrogens is 347 g/mol. The van der Waals surface area contributed by atoms with Gasteiger partial charge >= 0.3 is 0 Å². The summed E-state index contributed by atoms with van der Waals surface area (Å²) in [6, 6.07) is 6.05. The molecule has 2 fully saturated rings. The fourth-order valence-electron chi connectivity index (χ4n) is 3.76. The third-order valence-corrected chi connectivity index (χ3v) is 5.41. The largest absolute Gasteiger partial charge is 0.344 e. The maximum absolute atomic E-state index is 13.2. The number of nitrogens with zero attached hydrogens (tertiary/aromatic N) is 3. The van der Waals surface area contributed by atoms with Crippen molar-refractivity contribution in [3.05, 3.63) is 47.0 Å². The van der Waals surface area contributed by atoms with E-state index in [-0.39, 0.29) is 24.1 Å². The lowest BCUT2D eigenvalue weighted by Gasteiger charge is -2.16. The molecule has 1 aliphatic heterocycles. The molecule has 2 aromatic rings. The smallest absolute Gasteiger partial charge is 0.245 e. The van der Waals surface area contributed by atoms with E-state index in [2.05, 4.69) is 10.4 Å². The van der Waals surface area contributed by atoms with E-state index in [1.54, 1.807) is 16.8 Å². The van der Waals surface area contributed by atoms with Gasteiger partial charge in [-0.1, -0.05) is 0 Å². The lowest BCUT2D eigenvalue weighted by molar-refractivity contribution is -0.132. The highest BCUT2D eigenvalue weighted by Crippen LogP contribution is 2.30. The third-order valence-electron chi connectivity index (χ3n) is 5.41. The summed E-state index contributed by atoms with van der Waals surface area (Å²) in [7, 11) is 0. The molecule has 1 aliphatic carbocycles. The van der Waals surface area contributed by atoms with Crippen molar-refractivity contribution in [1.29, 1.82) is 0 Å². The standard InChI is InChI=1S/C20H23FN4O2/c1-12-17(13(2)25(23-12)16-5-3-14(21)4-6-16)11-19(26)22-18-9-10-24(20(18)27)15-7-8-15/h3-6,15,18H,7-11H2,1-2H3,(H,22,26)/t18-/m0/s1. The van der Waals surface area contributed by atoms with E-state index in [0.29, 0.717) is 12.5 Å². The van der Waals surface area contributed by atoms with E-state index < -0.39 is 6.04 Å². The number of hydrogen-bond donors (Lipinski definition) is 1. The molecule has 1 saturated heterocycles. The first-order chi connectivity index (χ1) is 12.9. The number of carbonyl (C=O) groups excluding carboxylic acids is 2. The van der Waals surface area contributed by atoms with Gasteiger partial charge in [-0.3, -0.25) is 9.59 Å². The summed E-state index contributed by atoms with van der Waals surface area (Å²) >= 11 is 0. The number of carbonyl (C=O) groups is 2. The van der Waals surface area contributed by atoms with Crippen LogP contribution < -0.4 is 5.32 Å². The quantitative estimate of drug-likeness (QED) is 0.876. The molecular formula is C20H23FN4O2. The molecule has 142 valence electrons. The van der Waals surface area contributed by atoms with Gasteiger partial charge in [0.25, 0.3) is 0 Å². The van der Waals surface area contributed by atoms with Crippen LogP contribution in [0.1, 0.15) is 36.2 Å². The van der Waals surface area contributed by atoms with Crippen LogP contribution in [0, 0.1) is 19.7 Å². The van der Waals surface area contributed by atoms with Gasteiger partial charge in [0.15, 0.2) is 0 Å². The van der Waals surface area contributed by atoms with Crippen molar-refractivity contribution in [2.45, 2.75) is 51.6 Å². The number of benzene rings is 1. The number of aromatic nitrogens is 2. The van der Waals surface area contributed by atoms with Gasteiger partial charge in [0.1, 0.15) is 11.9 Å². The number of aryl methyl sites for hydroxylation is 1. The second-order valence-electron chi connectivity index (χ2n) is 7.39. The second kappa shape index (κ2) is 6.79. The molecule has 1 aromatic heterocycles. The van der Waals surface area contributed by atoms with Crippen molar-refractivity contribution < 1.29 is 14.0 Å². The van der Waals surface area contributed by atoms with Crippen LogP contribution >= 0.6 is 0 Å².